The van der Waals surface area contributed by atoms with Gasteiger partial charge in [0.05, 0.1) is 11.6 Å². The number of amides is 1. The third kappa shape index (κ3) is 3.96. The summed E-state index contributed by atoms with van der Waals surface area (Å²) in [5.41, 5.74) is 0.644. The molecule has 0 aliphatic carbocycles. The molecule has 0 radical (unpaired) electrons. The first kappa shape index (κ1) is 15.3. The van der Waals surface area contributed by atoms with Crippen molar-refractivity contribution in [2.45, 2.75) is 25.8 Å². The highest BCUT2D eigenvalue weighted by atomic mass is 79.9. The molecule has 5 heteroatoms. The van der Waals surface area contributed by atoms with Crippen molar-refractivity contribution in [2.24, 2.45) is 0 Å². The molecule has 0 spiro atoms. The molecule has 1 unspecified atom stereocenters. The maximum absolute atomic E-state index is 12.2. The maximum Gasteiger partial charge on any atom is 0.251 e. The lowest BCUT2D eigenvalue weighted by molar-refractivity contribution is 0.0932. The number of carbonyl (C=O) groups is 1. The predicted molar refractivity (Wildman–Crippen MR) is 83.3 cm³/mol. The number of nitrogens with one attached hydrogen (secondary N) is 1. The van der Waals surface area contributed by atoms with Gasteiger partial charge in [-0.1, -0.05) is 0 Å². The Balaban J connectivity index is 1.91. The van der Waals surface area contributed by atoms with Crippen molar-refractivity contribution in [3.05, 3.63) is 28.2 Å². The van der Waals surface area contributed by atoms with Crippen LogP contribution in [0.15, 0.2) is 22.7 Å². The minimum Gasteiger partial charge on any atom is -0.496 e. The van der Waals surface area contributed by atoms with E-state index in [1.54, 1.807) is 25.3 Å². The summed E-state index contributed by atoms with van der Waals surface area (Å²) in [6, 6.07) is 5.52. The lowest BCUT2D eigenvalue weighted by atomic mass is 10.2. The third-order valence-corrected chi connectivity index (χ3v) is 4.14. The summed E-state index contributed by atoms with van der Waals surface area (Å²) in [4.78, 5) is 14.6. The smallest absolute Gasteiger partial charge is 0.251 e. The third-order valence-electron chi connectivity index (χ3n) is 3.52. The number of carbonyl (C=O) groups excluding carboxylic acids is 1. The minimum absolute atomic E-state index is 0.0416. The number of methoxy groups -OCH3 is 1. The molecule has 1 saturated heterocycles. The highest BCUT2D eigenvalue weighted by Crippen LogP contribution is 2.25. The van der Waals surface area contributed by atoms with Crippen molar-refractivity contribution in [3.8, 4) is 5.75 Å². The Labute approximate surface area is 128 Å². The van der Waals surface area contributed by atoms with Crippen molar-refractivity contribution in [2.75, 3.05) is 26.7 Å². The molecule has 1 aromatic rings. The molecule has 1 atom stereocenters. The largest absolute Gasteiger partial charge is 0.496 e. The zero-order chi connectivity index (χ0) is 14.5. The van der Waals surface area contributed by atoms with E-state index in [-0.39, 0.29) is 11.9 Å². The molecule has 20 heavy (non-hydrogen) atoms. The first-order valence-corrected chi connectivity index (χ1v) is 7.76. The van der Waals surface area contributed by atoms with Crippen LogP contribution >= 0.6 is 15.9 Å². The summed E-state index contributed by atoms with van der Waals surface area (Å²) in [6.07, 6.45) is 2.54. The molecule has 1 fully saturated rings. The molecule has 1 heterocycles. The van der Waals surface area contributed by atoms with Crippen LogP contribution in [-0.4, -0.2) is 43.6 Å². The van der Waals surface area contributed by atoms with Crippen molar-refractivity contribution < 1.29 is 9.53 Å². The van der Waals surface area contributed by atoms with Crippen LogP contribution in [0.3, 0.4) is 0 Å². The number of hydrogen-bond donors (Lipinski definition) is 1. The van der Waals surface area contributed by atoms with Gasteiger partial charge in [0.15, 0.2) is 0 Å². The summed E-state index contributed by atoms with van der Waals surface area (Å²) in [5, 5.41) is 3.05. The molecule has 2 rings (SSSR count). The van der Waals surface area contributed by atoms with Gasteiger partial charge >= 0.3 is 0 Å². The molecule has 4 nitrogen and oxygen atoms in total. The van der Waals surface area contributed by atoms with E-state index in [9.17, 15) is 4.79 Å². The summed E-state index contributed by atoms with van der Waals surface area (Å²) < 4.78 is 5.96. The molecule has 1 N–H and O–H groups in total. The van der Waals surface area contributed by atoms with E-state index >= 15 is 0 Å². The second-order valence-corrected chi connectivity index (χ2v) is 6.09. The molecule has 110 valence electrons. The van der Waals surface area contributed by atoms with Gasteiger partial charge in [0, 0.05) is 18.2 Å². The first-order chi connectivity index (χ1) is 9.60. The lowest BCUT2D eigenvalue weighted by Gasteiger charge is -2.21. The topological polar surface area (TPSA) is 41.6 Å². The fourth-order valence-electron chi connectivity index (χ4n) is 2.51. The van der Waals surface area contributed by atoms with E-state index in [0.717, 1.165) is 29.9 Å². The number of rotatable bonds is 5. The Morgan fingerprint density at radius 3 is 2.75 bits per heavy atom. The van der Waals surface area contributed by atoms with E-state index in [0.29, 0.717) is 5.56 Å². The zero-order valence-corrected chi connectivity index (χ0v) is 13.6. The first-order valence-electron chi connectivity index (χ1n) is 6.97. The Morgan fingerprint density at radius 2 is 2.15 bits per heavy atom. The number of likely N-dealkylation sites (tertiary alicyclic amines) is 1. The van der Waals surface area contributed by atoms with Crippen LogP contribution in [0.1, 0.15) is 30.1 Å². The number of ether oxygens (including phenoxy) is 1. The van der Waals surface area contributed by atoms with E-state index in [4.69, 9.17) is 4.74 Å². The van der Waals surface area contributed by atoms with Gasteiger partial charge < -0.3 is 15.0 Å². The summed E-state index contributed by atoms with van der Waals surface area (Å²) in [6.45, 7) is 5.26. The van der Waals surface area contributed by atoms with Gasteiger partial charge in [-0.2, -0.15) is 0 Å². The average molecular weight is 341 g/mol. The van der Waals surface area contributed by atoms with Crippen LogP contribution in [0.2, 0.25) is 0 Å². The van der Waals surface area contributed by atoms with Gasteiger partial charge in [-0.15, -0.1) is 0 Å². The van der Waals surface area contributed by atoms with Gasteiger partial charge in [0.2, 0.25) is 0 Å². The molecular weight excluding hydrogens is 320 g/mol. The molecule has 0 saturated carbocycles. The highest BCUT2D eigenvalue weighted by Gasteiger charge is 2.17. The average Bonchev–Trinajstić information content (AvgIpc) is 2.91. The highest BCUT2D eigenvalue weighted by molar-refractivity contribution is 9.10. The van der Waals surface area contributed by atoms with E-state index in [1.807, 2.05) is 0 Å². The van der Waals surface area contributed by atoms with Crippen molar-refractivity contribution in [3.63, 3.8) is 0 Å². The molecule has 1 aliphatic rings. The second kappa shape index (κ2) is 7.09. The van der Waals surface area contributed by atoms with Gasteiger partial charge in [0.25, 0.3) is 5.91 Å². The van der Waals surface area contributed by atoms with Crippen LogP contribution in [0, 0.1) is 0 Å². The van der Waals surface area contributed by atoms with Crippen LogP contribution in [0.4, 0.5) is 0 Å². The van der Waals surface area contributed by atoms with Crippen LogP contribution in [0.5, 0.6) is 5.75 Å². The van der Waals surface area contributed by atoms with Gasteiger partial charge in [-0.25, -0.2) is 0 Å². The molecular formula is C15H21BrN2O2. The standard InChI is InChI=1S/C15H21BrN2O2/c1-11(10-18-7-3-4-8-18)17-15(19)12-5-6-14(20-2)13(16)9-12/h5-6,9,11H,3-4,7-8,10H2,1-2H3,(H,17,19). The molecule has 1 aromatic carbocycles. The number of benzene rings is 1. The monoisotopic (exact) mass is 340 g/mol. The van der Waals surface area contributed by atoms with Gasteiger partial charge in [-0.05, 0) is 67.0 Å². The van der Waals surface area contributed by atoms with Crippen molar-refractivity contribution in [1.29, 1.82) is 0 Å². The van der Waals surface area contributed by atoms with E-state index in [1.165, 1.54) is 12.8 Å². The Bertz CT molecular complexity index is 473. The second-order valence-electron chi connectivity index (χ2n) is 5.23. The van der Waals surface area contributed by atoms with Crippen LogP contribution < -0.4 is 10.1 Å². The lowest BCUT2D eigenvalue weighted by Crippen LogP contribution is -2.41. The number of nitrogens with zero attached hydrogens (tertiary/aromatic N) is 1. The van der Waals surface area contributed by atoms with Crippen LogP contribution in [0.25, 0.3) is 0 Å². The molecule has 0 aromatic heterocycles. The van der Waals surface area contributed by atoms with Crippen molar-refractivity contribution in [1.82, 2.24) is 10.2 Å². The van der Waals surface area contributed by atoms with Gasteiger partial charge in [-0.3, -0.25) is 4.79 Å². The van der Waals surface area contributed by atoms with E-state index < -0.39 is 0 Å². The van der Waals surface area contributed by atoms with E-state index in [2.05, 4.69) is 33.1 Å². The van der Waals surface area contributed by atoms with Crippen molar-refractivity contribution >= 4 is 21.8 Å². The number of halogens is 1. The summed E-state index contributed by atoms with van der Waals surface area (Å²) >= 11 is 3.40. The zero-order valence-electron chi connectivity index (χ0n) is 12.0. The SMILES string of the molecule is COc1ccc(C(=O)NC(C)CN2CCCC2)cc1Br. The Kier molecular flexibility index (Phi) is 5.43. The predicted octanol–water partition coefficient (Wildman–Crippen LogP) is 2.67. The Morgan fingerprint density at radius 1 is 1.45 bits per heavy atom. The quantitative estimate of drug-likeness (QED) is 0.895. The maximum atomic E-state index is 12.2. The minimum atomic E-state index is -0.0416. The fourth-order valence-corrected chi connectivity index (χ4v) is 3.05. The summed E-state index contributed by atoms with van der Waals surface area (Å²) in [5.74, 6) is 0.687. The summed E-state index contributed by atoms with van der Waals surface area (Å²) in [7, 11) is 1.61. The Hall–Kier alpha value is -1.07. The normalized spacial score (nSPS) is 16.9. The molecule has 1 amide bonds. The van der Waals surface area contributed by atoms with Crippen LogP contribution in [-0.2, 0) is 0 Å². The number of hydrogen-bond acceptors (Lipinski definition) is 3. The van der Waals surface area contributed by atoms with Gasteiger partial charge in [0.1, 0.15) is 5.75 Å². The molecule has 1 aliphatic heterocycles. The molecule has 0 bridgehead atoms. The fraction of sp³-hybridized carbons (Fsp3) is 0.533.